The van der Waals surface area contributed by atoms with Crippen molar-refractivity contribution in [3.05, 3.63) is 0 Å². The summed E-state index contributed by atoms with van der Waals surface area (Å²) < 4.78 is 12.7. The van der Waals surface area contributed by atoms with Gasteiger partial charge in [-0.15, -0.1) is 0 Å². The van der Waals surface area contributed by atoms with Crippen molar-refractivity contribution in [1.82, 2.24) is 4.72 Å². The van der Waals surface area contributed by atoms with Gasteiger partial charge in [-0.05, 0) is 0 Å². The summed E-state index contributed by atoms with van der Waals surface area (Å²) in [6.45, 7) is 0. The van der Waals surface area contributed by atoms with Crippen LogP contribution in [0.1, 0.15) is 0 Å². The van der Waals surface area contributed by atoms with Crippen LogP contribution in [0.25, 0.3) is 0 Å². The number of nitrogens with one attached hydrogen (secondary N) is 1. The normalized spacial score (nSPS) is 24.7. The highest BCUT2D eigenvalue weighted by Crippen LogP contribution is 2.13. The Balaban J connectivity index is 2.67. The summed E-state index contributed by atoms with van der Waals surface area (Å²) in [4.78, 5) is 3.85. The van der Waals surface area contributed by atoms with E-state index in [4.69, 9.17) is 8.92 Å². The average molecular weight is 148 g/mol. The molecule has 0 saturated heterocycles. The highest BCUT2D eigenvalue weighted by Gasteiger charge is 2.06. The zero-order chi connectivity index (χ0) is 6.69. The number of rotatable bonds is 1. The number of hydrogen-bond donors (Lipinski definition) is 1. The Kier molecular flexibility index (Phi) is 2.21. The maximum atomic E-state index is 4.94. The number of methoxy groups -OCH3 is 1. The first-order valence-electron chi connectivity index (χ1n) is 2.37. The Morgan fingerprint density at radius 2 is 2.44 bits per heavy atom. The van der Waals surface area contributed by atoms with E-state index in [0.717, 1.165) is 0 Å². The summed E-state index contributed by atoms with van der Waals surface area (Å²) in [6, 6.07) is 0. The van der Waals surface area contributed by atoms with Crippen molar-refractivity contribution in [2.45, 2.75) is 0 Å². The third-order valence-corrected chi connectivity index (χ3v) is 2.07. The number of hydrogen-bond acceptors (Lipinski definition) is 4. The fourth-order valence-electron chi connectivity index (χ4n) is 0.473. The molecule has 0 fully saturated rings. The molecule has 9 heavy (non-hydrogen) atoms. The lowest BCUT2D eigenvalue weighted by molar-refractivity contribution is 0.404. The van der Waals surface area contributed by atoms with Crippen LogP contribution in [0.5, 0.6) is 0 Å². The van der Waals surface area contributed by atoms with Crippen molar-refractivity contribution in [2.24, 2.45) is 4.99 Å². The van der Waals surface area contributed by atoms with Gasteiger partial charge in [0.1, 0.15) is 6.34 Å². The van der Waals surface area contributed by atoms with Gasteiger partial charge in [0.15, 0.2) is 0 Å². The van der Waals surface area contributed by atoms with Crippen LogP contribution >= 0.6 is 11.0 Å². The lowest BCUT2D eigenvalue weighted by Crippen LogP contribution is -2.00. The molecule has 52 valence electrons. The van der Waals surface area contributed by atoms with Crippen molar-refractivity contribution >= 4 is 22.5 Å². The first-order valence-corrected chi connectivity index (χ1v) is 3.52. The molecule has 0 bridgehead atoms. The van der Waals surface area contributed by atoms with Crippen molar-refractivity contribution in [2.75, 3.05) is 14.2 Å². The maximum Gasteiger partial charge on any atom is 0.240 e. The second-order valence-electron chi connectivity index (χ2n) is 1.28. The smallest absolute Gasteiger partial charge is 0.240 e. The zero-order valence-electron chi connectivity index (χ0n) is 5.25. The largest absolute Gasteiger partial charge is 0.325 e. The molecule has 0 saturated carbocycles. The molecule has 0 aromatic heterocycles. The third kappa shape index (κ3) is 1.29. The first-order chi connectivity index (χ1) is 4.38. The Morgan fingerprint density at radius 3 is 2.89 bits per heavy atom. The number of nitrogens with zero attached hydrogens (tertiary/aromatic N) is 1. The van der Waals surface area contributed by atoms with Gasteiger partial charge < -0.3 is 13.6 Å². The predicted molar refractivity (Wildman–Crippen MR) is 38.2 cm³/mol. The first kappa shape index (κ1) is 6.73. The molecule has 1 rings (SSSR count). The molecule has 0 amide bonds. The van der Waals surface area contributed by atoms with Crippen LogP contribution in [0.3, 0.4) is 0 Å². The van der Waals surface area contributed by atoms with E-state index in [1.165, 1.54) is 0 Å². The van der Waals surface area contributed by atoms with Gasteiger partial charge in [0.05, 0.1) is 18.1 Å². The van der Waals surface area contributed by atoms with Crippen molar-refractivity contribution in [3.63, 3.8) is 0 Å². The van der Waals surface area contributed by atoms with Gasteiger partial charge in [-0.3, -0.25) is 0 Å². The average Bonchev–Trinajstić information content (AvgIpc) is 2.33. The molecular weight excluding hydrogens is 140 g/mol. The van der Waals surface area contributed by atoms with E-state index in [2.05, 4.69) is 9.71 Å². The molecule has 0 aromatic carbocycles. The molecule has 5 heteroatoms. The van der Waals surface area contributed by atoms with E-state index in [9.17, 15) is 0 Å². The molecule has 1 atom stereocenters. The van der Waals surface area contributed by atoms with Crippen molar-refractivity contribution < 1.29 is 8.92 Å². The van der Waals surface area contributed by atoms with Gasteiger partial charge in [-0.1, -0.05) is 0 Å². The van der Waals surface area contributed by atoms with Crippen LogP contribution in [0.4, 0.5) is 0 Å². The van der Waals surface area contributed by atoms with Crippen LogP contribution in [-0.2, 0) is 8.92 Å². The Bertz CT molecular complexity index is 166. The van der Waals surface area contributed by atoms with Gasteiger partial charge in [0.25, 0.3) is 0 Å². The minimum absolute atomic E-state index is 0.450. The predicted octanol–water partition coefficient (Wildman–Crippen LogP) is 0.0970. The van der Waals surface area contributed by atoms with E-state index in [1.54, 1.807) is 20.6 Å². The third-order valence-electron chi connectivity index (χ3n) is 0.830. The van der Waals surface area contributed by atoms with Crippen molar-refractivity contribution in [1.29, 1.82) is 0 Å². The van der Waals surface area contributed by atoms with Gasteiger partial charge in [-0.25, -0.2) is 4.99 Å². The second-order valence-corrected chi connectivity index (χ2v) is 2.74. The van der Waals surface area contributed by atoms with Crippen LogP contribution in [0.2, 0.25) is 0 Å². The maximum absolute atomic E-state index is 4.94. The van der Waals surface area contributed by atoms with Crippen LogP contribution < -0.4 is 4.72 Å². The van der Waals surface area contributed by atoms with E-state index < -0.39 is 11.0 Å². The summed E-state index contributed by atoms with van der Waals surface area (Å²) >= 11 is 0. The SMILES string of the molecule is COC1=S(OC)NC=N1. The molecule has 1 aliphatic rings. The molecule has 1 aliphatic heterocycles. The van der Waals surface area contributed by atoms with Gasteiger partial charge in [0.2, 0.25) is 5.17 Å². The summed E-state index contributed by atoms with van der Waals surface area (Å²) in [5.74, 6) is 0. The van der Waals surface area contributed by atoms with Crippen LogP contribution in [0.15, 0.2) is 4.99 Å². The lowest BCUT2D eigenvalue weighted by atomic mass is 11.2. The molecule has 1 unspecified atom stereocenters. The highest BCUT2D eigenvalue weighted by molar-refractivity contribution is 8.10. The van der Waals surface area contributed by atoms with Crippen molar-refractivity contribution in [3.8, 4) is 0 Å². The number of aliphatic imine (C=N–C) groups is 1. The van der Waals surface area contributed by atoms with E-state index >= 15 is 0 Å². The minimum atomic E-state index is -0.450. The molecule has 1 N–H and O–H groups in total. The van der Waals surface area contributed by atoms with Gasteiger partial charge in [-0.2, -0.15) is 0 Å². The quantitative estimate of drug-likeness (QED) is 0.536. The molecule has 0 aliphatic carbocycles. The molecule has 4 nitrogen and oxygen atoms in total. The molecule has 0 spiro atoms. The van der Waals surface area contributed by atoms with E-state index in [-0.39, 0.29) is 0 Å². The summed E-state index contributed by atoms with van der Waals surface area (Å²) in [6.07, 6.45) is 1.56. The Hall–Kier alpha value is -0.390. The number of ether oxygens (including phenoxy) is 1. The summed E-state index contributed by atoms with van der Waals surface area (Å²) in [5.41, 5.74) is 0. The van der Waals surface area contributed by atoms with E-state index in [1.807, 2.05) is 0 Å². The van der Waals surface area contributed by atoms with Crippen LogP contribution in [0, 0.1) is 0 Å². The highest BCUT2D eigenvalue weighted by atomic mass is 32.2. The standard InChI is InChI=1S/C4H8N2O2S/c1-7-4-5-3-6-9(4)8-2/h3H,1-2H3,(H,5,6). The fourth-order valence-corrected chi connectivity index (χ4v) is 1.26. The monoisotopic (exact) mass is 148 g/mol. The Labute approximate surface area is 56.1 Å². The topological polar surface area (TPSA) is 42.9 Å². The summed E-state index contributed by atoms with van der Waals surface area (Å²) in [5, 5.41) is 0.595. The molecule has 1 heterocycles. The second kappa shape index (κ2) is 2.95. The van der Waals surface area contributed by atoms with Crippen LogP contribution in [-0.4, -0.2) is 25.7 Å². The van der Waals surface area contributed by atoms with Gasteiger partial charge >= 0.3 is 0 Å². The zero-order valence-corrected chi connectivity index (χ0v) is 6.07. The molecule has 0 aromatic rings. The van der Waals surface area contributed by atoms with Gasteiger partial charge in [0, 0.05) is 7.11 Å². The molecule has 0 radical (unpaired) electrons. The summed E-state index contributed by atoms with van der Waals surface area (Å²) in [7, 11) is 2.72. The molecular formula is C4H8N2O2S. The Morgan fingerprint density at radius 1 is 1.67 bits per heavy atom. The lowest BCUT2D eigenvalue weighted by Gasteiger charge is -1.99. The fraction of sp³-hybridized carbons (Fsp3) is 0.500. The van der Waals surface area contributed by atoms with E-state index in [0.29, 0.717) is 5.17 Å². The minimum Gasteiger partial charge on any atom is -0.325 e.